The molecule has 0 saturated carbocycles. The molecule has 2 bridgehead atoms. The third-order valence-corrected chi connectivity index (χ3v) is 5.77. The average Bonchev–Trinajstić information content (AvgIpc) is 3.11. The zero-order chi connectivity index (χ0) is 17.3. The summed E-state index contributed by atoms with van der Waals surface area (Å²) in [5.74, 6) is -0.967. The van der Waals surface area contributed by atoms with Crippen LogP contribution in [0.5, 0.6) is 5.75 Å². The van der Waals surface area contributed by atoms with Crippen LogP contribution in [0.15, 0.2) is 18.2 Å². The number of benzene rings is 1. The number of fused-ring (bicyclic) bond motifs is 5. The van der Waals surface area contributed by atoms with Crippen LogP contribution in [0, 0.1) is 23.2 Å². The maximum Gasteiger partial charge on any atom is 0.240 e. The van der Waals surface area contributed by atoms with Gasteiger partial charge in [-0.15, -0.1) is 0 Å². The van der Waals surface area contributed by atoms with E-state index >= 15 is 0 Å². The Morgan fingerprint density at radius 1 is 1.21 bits per heavy atom. The first kappa shape index (κ1) is 15.2. The molecule has 1 aromatic rings. The molecule has 0 spiro atoms. The molecule has 1 aromatic carbocycles. The Labute approximate surface area is 139 Å². The van der Waals surface area contributed by atoms with Gasteiger partial charge in [-0.25, -0.2) is 4.90 Å². The molecule has 0 radical (unpaired) electrons. The normalized spacial score (nSPS) is 36.8. The van der Waals surface area contributed by atoms with E-state index < -0.39 is 23.0 Å². The molecule has 3 saturated heterocycles. The fraction of sp³-hybridized carbons (Fsp3) is 0.500. The zero-order valence-electron chi connectivity index (χ0n) is 13.8. The van der Waals surface area contributed by atoms with E-state index in [0.29, 0.717) is 17.0 Å². The number of hydrogen-bond donors (Lipinski definition) is 0. The molecule has 6 heteroatoms. The average molecular weight is 326 g/mol. The number of ether oxygens (including phenoxy) is 2. The third kappa shape index (κ3) is 1.68. The molecule has 4 atom stereocenters. The van der Waals surface area contributed by atoms with Gasteiger partial charge in [0.25, 0.3) is 0 Å². The Hall–Kier alpha value is -2.39. The van der Waals surface area contributed by atoms with Crippen molar-refractivity contribution in [2.75, 3.05) is 12.0 Å². The van der Waals surface area contributed by atoms with Gasteiger partial charge in [-0.05, 0) is 38.8 Å². The monoisotopic (exact) mass is 326 g/mol. The van der Waals surface area contributed by atoms with E-state index in [9.17, 15) is 9.59 Å². The van der Waals surface area contributed by atoms with Gasteiger partial charge in [0.05, 0.1) is 41.4 Å². The van der Waals surface area contributed by atoms with Crippen molar-refractivity contribution >= 4 is 17.5 Å². The summed E-state index contributed by atoms with van der Waals surface area (Å²) in [6.07, 6.45) is 1.57. The minimum atomic E-state index is -0.572. The van der Waals surface area contributed by atoms with Gasteiger partial charge >= 0.3 is 0 Å². The van der Waals surface area contributed by atoms with Crippen LogP contribution in [0.2, 0.25) is 0 Å². The van der Waals surface area contributed by atoms with Gasteiger partial charge in [-0.3, -0.25) is 9.59 Å². The first-order valence-electron chi connectivity index (χ1n) is 8.01. The standard InChI is InChI=1S/C18H18N2O4/c1-17-6-7-18(2,24-17)14-13(17)15(21)20(16(14)22)11-5-4-10(9-19)12(8-11)23-3/h4-5,8,13-14H,6-7H2,1-3H3/t13-,14+,17?,18?. The summed E-state index contributed by atoms with van der Waals surface area (Å²) in [6.45, 7) is 3.86. The highest BCUT2D eigenvalue weighted by Gasteiger charge is 2.72. The molecule has 6 nitrogen and oxygen atoms in total. The molecule has 3 aliphatic heterocycles. The lowest BCUT2D eigenvalue weighted by Gasteiger charge is -2.27. The van der Waals surface area contributed by atoms with Gasteiger partial charge in [0, 0.05) is 6.07 Å². The minimum absolute atomic E-state index is 0.220. The van der Waals surface area contributed by atoms with Gasteiger partial charge in [-0.1, -0.05) is 0 Å². The molecule has 124 valence electrons. The number of carbonyl (C=O) groups is 2. The van der Waals surface area contributed by atoms with Crippen molar-refractivity contribution in [2.24, 2.45) is 11.8 Å². The highest BCUT2D eigenvalue weighted by atomic mass is 16.5. The molecule has 3 heterocycles. The smallest absolute Gasteiger partial charge is 0.240 e. The van der Waals surface area contributed by atoms with Gasteiger partial charge in [0.15, 0.2) is 0 Å². The molecule has 2 amide bonds. The van der Waals surface area contributed by atoms with Crippen molar-refractivity contribution < 1.29 is 19.1 Å². The molecule has 24 heavy (non-hydrogen) atoms. The Bertz CT molecular complexity index is 780. The lowest BCUT2D eigenvalue weighted by atomic mass is 9.69. The predicted octanol–water partition coefficient (Wildman–Crippen LogP) is 2.01. The van der Waals surface area contributed by atoms with Gasteiger partial charge < -0.3 is 9.47 Å². The number of rotatable bonds is 2. The maximum absolute atomic E-state index is 13.0. The minimum Gasteiger partial charge on any atom is -0.495 e. The van der Waals surface area contributed by atoms with Crippen LogP contribution >= 0.6 is 0 Å². The summed E-state index contributed by atoms with van der Waals surface area (Å²) in [4.78, 5) is 27.3. The first-order chi connectivity index (χ1) is 11.3. The Kier molecular flexibility index (Phi) is 2.89. The van der Waals surface area contributed by atoms with E-state index in [0.717, 1.165) is 12.8 Å². The third-order valence-electron chi connectivity index (χ3n) is 5.77. The summed E-state index contributed by atoms with van der Waals surface area (Å²) >= 11 is 0. The van der Waals surface area contributed by atoms with E-state index in [1.54, 1.807) is 18.2 Å². The number of methoxy groups -OCH3 is 1. The van der Waals surface area contributed by atoms with E-state index in [1.807, 2.05) is 19.9 Å². The summed E-state index contributed by atoms with van der Waals surface area (Å²) in [5.41, 5.74) is -0.334. The molecule has 0 N–H and O–H groups in total. The second-order valence-corrected chi connectivity index (χ2v) is 7.19. The van der Waals surface area contributed by atoms with Crippen molar-refractivity contribution in [3.05, 3.63) is 23.8 Å². The molecular weight excluding hydrogens is 308 g/mol. The number of hydrogen-bond acceptors (Lipinski definition) is 5. The maximum atomic E-state index is 13.0. The summed E-state index contributed by atoms with van der Waals surface area (Å²) < 4.78 is 11.3. The fourth-order valence-corrected chi connectivity index (χ4v) is 4.63. The molecule has 0 aliphatic carbocycles. The van der Waals surface area contributed by atoms with E-state index in [1.165, 1.54) is 12.0 Å². The van der Waals surface area contributed by atoms with Crippen LogP contribution in [-0.2, 0) is 14.3 Å². The lowest BCUT2D eigenvalue weighted by molar-refractivity contribution is -0.129. The van der Waals surface area contributed by atoms with E-state index in [-0.39, 0.29) is 11.8 Å². The number of anilines is 1. The largest absolute Gasteiger partial charge is 0.495 e. The fourth-order valence-electron chi connectivity index (χ4n) is 4.63. The number of nitriles is 1. The highest BCUT2D eigenvalue weighted by Crippen LogP contribution is 2.60. The topological polar surface area (TPSA) is 79.6 Å². The molecular formula is C18H18N2O4. The zero-order valence-corrected chi connectivity index (χ0v) is 13.8. The number of imide groups is 1. The summed E-state index contributed by atoms with van der Waals surface area (Å²) in [6, 6.07) is 6.78. The van der Waals surface area contributed by atoms with Gasteiger partial charge in [-0.2, -0.15) is 5.26 Å². The first-order valence-corrected chi connectivity index (χ1v) is 8.01. The van der Waals surface area contributed by atoms with Crippen LogP contribution in [-0.4, -0.2) is 30.1 Å². The Morgan fingerprint density at radius 3 is 2.29 bits per heavy atom. The van der Waals surface area contributed by atoms with Crippen LogP contribution in [0.1, 0.15) is 32.3 Å². The quantitative estimate of drug-likeness (QED) is 0.777. The van der Waals surface area contributed by atoms with Crippen molar-refractivity contribution in [2.45, 2.75) is 37.9 Å². The van der Waals surface area contributed by atoms with Crippen molar-refractivity contribution in [3.63, 3.8) is 0 Å². The molecule has 3 fully saturated rings. The molecule has 3 aliphatic rings. The Balaban J connectivity index is 1.78. The second-order valence-electron chi connectivity index (χ2n) is 7.19. The molecule has 4 rings (SSSR count). The Morgan fingerprint density at radius 2 is 1.79 bits per heavy atom. The summed E-state index contributed by atoms with van der Waals surface area (Å²) in [5, 5.41) is 9.09. The summed E-state index contributed by atoms with van der Waals surface area (Å²) in [7, 11) is 1.46. The number of carbonyl (C=O) groups excluding carboxylic acids is 2. The SMILES string of the molecule is COc1cc(N2C(=O)[C@@H]3[C@H](C2=O)C2(C)CCC3(C)O2)ccc1C#N. The van der Waals surface area contributed by atoms with Crippen molar-refractivity contribution in [1.82, 2.24) is 0 Å². The predicted molar refractivity (Wildman–Crippen MR) is 84.3 cm³/mol. The van der Waals surface area contributed by atoms with Gasteiger partial charge in [0.1, 0.15) is 11.8 Å². The molecule has 2 unspecified atom stereocenters. The second kappa shape index (κ2) is 4.58. The van der Waals surface area contributed by atoms with Gasteiger partial charge in [0.2, 0.25) is 11.8 Å². The van der Waals surface area contributed by atoms with Crippen LogP contribution < -0.4 is 9.64 Å². The molecule has 0 aromatic heterocycles. The van der Waals surface area contributed by atoms with Crippen LogP contribution in [0.4, 0.5) is 5.69 Å². The number of amides is 2. The van der Waals surface area contributed by atoms with Crippen LogP contribution in [0.25, 0.3) is 0 Å². The lowest BCUT2D eigenvalue weighted by Crippen LogP contribution is -2.40. The number of nitrogens with zero attached hydrogens (tertiary/aromatic N) is 2. The van der Waals surface area contributed by atoms with Crippen LogP contribution in [0.3, 0.4) is 0 Å². The van der Waals surface area contributed by atoms with E-state index in [4.69, 9.17) is 14.7 Å². The van der Waals surface area contributed by atoms with Crippen molar-refractivity contribution in [1.29, 1.82) is 5.26 Å². The van der Waals surface area contributed by atoms with Crippen molar-refractivity contribution in [3.8, 4) is 11.8 Å². The van der Waals surface area contributed by atoms with E-state index in [2.05, 4.69) is 0 Å². The highest BCUT2D eigenvalue weighted by molar-refractivity contribution is 6.23.